The SMILES string of the molecule is Cc1cccc(N2CCN(Cc3ccc4nccnc4c3)CC2)c1C. The van der Waals surface area contributed by atoms with Gasteiger partial charge in [-0.1, -0.05) is 18.2 Å². The summed E-state index contributed by atoms with van der Waals surface area (Å²) in [4.78, 5) is 13.8. The van der Waals surface area contributed by atoms with Crippen molar-refractivity contribution < 1.29 is 0 Å². The molecule has 0 atom stereocenters. The molecule has 0 amide bonds. The molecule has 0 aliphatic carbocycles. The number of hydrogen-bond acceptors (Lipinski definition) is 4. The molecule has 0 unspecified atom stereocenters. The molecule has 25 heavy (non-hydrogen) atoms. The van der Waals surface area contributed by atoms with Crippen LogP contribution in [0.1, 0.15) is 16.7 Å². The Kier molecular flexibility index (Phi) is 4.36. The Morgan fingerprint density at radius 1 is 0.880 bits per heavy atom. The van der Waals surface area contributed by atoms with Crippen molar-refractivity contribution in [3.63, 3.8) is 0 Å². The molecule has 0 radical (unpaired) electrons. The van der Waals surface area contributed by atoms with Gasteiger partial charge in [0.15, 0.2) is 0 Å². The third kappa shape index (κ3) is 3.35. The van der Waals surface area contributed by atoms with Gasteiger partial charge in [0.25, 0.3) is 0 Å². The van der Waals surface area contributed by atoms with E-state index in [0.29, 0.717) is 0 Å². The minimum Gasteiger partial charge on any atom is -0.369 e. The lowest BCUT2D eigenvalue weighted by atomic mass is 10.1. The molecular weight excluding hydrogens is 308 g/mol. The number of aryl methyl sites for hydroxylation is 1. The Hall–Kier alpha value is -2.46. The summed E-state index contributed by atoms with van der Waals surface area (Å²) in [6.45, 7) is 9.74. The second-order valence-electron chi connectivity index (χ2n) is 6.86. The summed E-state index contributed by atoms with van der Waals surface area (Å²) in [7, 11) is 0. The number of rotatable bonds is 3. The fourth-order valence-corrected chi connectivity index (χ4v) is 3.59. The van der Waals surface area contributed by atoms with Gasteiger partial charge in [-0.05, 0) is 48.7 Å². The van der Waals surface area contributed by atoms with Crippen molar-refractivity contribution in [3.05, 3.63) is 65.5 Å². The van der Waals surface area contributed by atoms with E-state index in [1.54, 1.807) is 12.4 Å². The van der Waals surface area contributed by atoms with Gasteiger partial charge in [0.2, 0.25) is 0 Å². The molecule has 1 aromatic heterocycles. The van der Waals surface area contributed by atoms with E-state index in [1.807, 2.05) is 0 Å². The van der Waals surface area contributed by atoms with Gasteiger partial charge in [-0.25, -0.2) is 0 Å². The van der Waals surface area contributed by atoms with Gasteiger partial charge >= 0.3 is 0 Å². The number of piperazine rings is 1. The molecule has 2 heterocycles. The molecule has 1 aliphatic rings. The molecule has 0 bridgehead atoms. The van der Waals surface area contributed by atoms with E-state index >= 15 is 0 Å². The van der Waals surface area contributed by atoms with Gasteiger partial charge in [0, 0.05) is 50.8 Å². The molecule has 128 valence electrons. The van der Waals surface area contributed by atoms with Crippen LogP contribution in [0.4, 0.5) is 5.69 Å². The largest absolute Gasteiger partial charge is 0.369 e. The maximum atomic E-state index is 4.42. The Morgan fingerprint density at radius 2 is 1.64 bits per heavy atom. The summed E-state index contributed by atoms with van der Waals surface area (Å²) >= 11 is 0. The molecule has 4 nitrogen and oxygen atoms in total. The Labute approximate surface area is 149 Å². The molecule has 0 spiro atoms. The number of nitrogens with zero attached hydrogens (tertiary/aromatic N) is 4. The first kappa shape index (κ1) is 16.0. The molecule has 1 aliphatic heterocycles. The van der Waals surface area contributed by atoms with Crippen molar-refractivity contribution in [2.45, 2.75) is 20.4 Å². The van der Waals surface area contributed by atoms with E-state index in [1.165, 1.54) is 22.4 Å². The summed E-state index contributed by atoms with van der Waals surface area (Å²) in [5, 5.41) is 0. The fraction of sp³-hybridized carbons (Fsp3) is 0.333. The Morgan fingerprint density at radius 3 is 2.44 bits per heavy atom. The maximum Gasteiger partial charge on any atom is 0.0890 e. The van der Waals surface area contributed by atoms with E-state index in [4.69, 9.17) is 0 Å². The van der Waals surface area contributed by atoms with Crippen LogP contribution in [-0.4, -0.2) is 41.0 Å². The summed E-state index contributed by atoms with van der Waals surface area (Å²) in [6.07, 6.45) is 3.50. The first-order valence-electron chi connectivity index (χ1n) is 8.94. The molecule has 0 saturated carbocycles. The highest BCUT2D eigenvalue weighted by Crippen LogP contribution is 2.24. The van der Waals surface area contributed by atoms with Crippen molar-refractivity contribution in [2.75, 3.05) is 31.1 Å². The zero-order valence-electron chi connectivity index (χ0n) is 14.9. The lowest BCUT2D eigenvalue weighted by molar-refractivity contribution is 0.250. The predicted octanol–water partition coefficient (Wildman–Crippen LogP) is 3.57. The topological polar surface area (TPSA) is 32.3 Å². The van der Waals surface area contributed by atoms with Gasteiger partial charge in [0.1, 0.15) is 0 Å². The maximum absolute atomic E-state index is 4.42. The standard InChI is InChI=1S/C21H24N4/c1-16-4-3-5-21(17(16)2)25-12-10-24(11-13-25)15-18-6-7-19-20(14-18)23-9-8-22-19/h3-9,14H,10-13,15H2,1-2H3. The van der Waals surface area contributed by atoms with Crippen molar-refractivity contribution >= 4 is 16.7 Å². The van der Waals surface area contributed by atoms with Crippen LogP contribution in [0.15, 0.2) is 48.8 Å². The highest BCUT2D eigenvalue weighted by atomic mass is 15.3. The van der Waals surface area contributed by atoms with Gasteiger partial charge in [0.05, 0.1) is 11.0 Å². The van der Waals surface area contributed by atoms with Crippen LogP contribution < -0.4 is 4.90 Å². The number of anilines is 1. The van der Waals surface area contributed by atoms with Crippen LogP contribution in [0.5, 0.6) is 0 Å². The summed E-state index contributed by atoms with van der Waals surface area (Å²) in [5.41, 5.74) is 7.43. The number of fused-ring (bicyclic) bond motifs is 1. The quantitative estimate of drug-likeness (QED) is 0.734. The lowest BCUT2D eigenvalue weighted by Crippen LogP contribution is -2.46. The monoisotopic (exact) mass is 332 g/mol. The van der Waals surface area contributed by atoms with Crippen LogP contribution in [-0.2, 0) is 6.54 Å². The summed E-state index contributed by atoms with van der Waals surface area (Å²) in [6, 6.07) is 13.0. The average molecular weight is 332 g/mol. The lowest BCUT2D eigenvalue weighted by Gasteiger charge is -2.37. The third-order valence-corrected chi connectivity index (χ3v) is 5.23. The Balaban J connectivity index is 1.42. The molecule has 4 rings (SSSR count). The number of aromatic nitrogens is 2. The second-order valence-corrected chi connectivity index (χ2v) is 6.86. The van der Waals surface area contributed by atoms with Crippen molar-refractivity contribution in [3.8, 4) is 0 Å². The number of benzene rings is 2. The fourth-order valence-electron chi connectivity index (χ4n) is 3.59. The van der Waals surface area contributed by atoms with Gasteiger partial charge in [-0.15, -0.1) is 0 Å². The van der Waals surface area contributed by atoms with Crippen LogP contribution in [0, 0.1) is 13.8 Å². The molecule has 3 aromatic rings. The van der Waals surface area contributed by atoms with Gasteiger partial charge in [-0.3, -0.25) is 14.9 Å². The highest BCUT2D eigenvalue weighted by molar-refractivity contribution is 5.74. The molecular formula is C21H24N4. The average Bonchev–Trinajstić information content (AvgIpc) is 2.65. The summed E-state index contributed by atoms with van der Waals surface area (Å²) < 4.78 is 0. The van der Waals surface area contributed by atoms with E-state index < -0.39 is 0 Å². The smallest absolute Gasteiger partial charge is 0.0890 e. The first-order chi connectivity index (χ1) is 12.2. The van der Waals surface area contributed by atoms with Crippen molar-refractivity contribution in [1.29, 1.82) is 0 Å². The van der Waals surface area contributed by atoms with E-state index in [2.05, 4.69) is 70.0 Å². The van der Waals surface area contributed by atoms with Crippen molar-refractivity contribution in [2.24, 2.45) is 0 Å². The second kappa shape index (κ2) is 6.81. The zero-order valence-corrected chi connectivity index (χ0v) is 14.9. The van der Waals surface area contributed by atoms with Crippen molar-refractivity contribution in [1.82, 2.24) is 14.9 Å². The van der Waals surface area contributed by atoms with E-state index in [0.717, 1.165) is 43.8 Å². The molecule has 2 aromatic carbocycles. The summed E-state index contributed by atoms with van der Waals surface area (Å²) in [5.74, 6) is 0. The molecule has 1 fully saturated rings. The number of hydrogen-bond donors (Lipinski definition) is 0. The van der Waals surface area contributed by atoms with E-state index in [-0.39, 0.29) is 0 Å². The first-order valence-corrected chi connectivity index (χ1v) is 8.94. The van der Waals surface area contributed by atoms with Crippen LogP contribution in [0.25, 0.3) is 11.0 Å². The third-order valence-electron chi connectivity index (χ3n) is 5.23. The predicted molar refractivity (Wildman–Crippen MR) is 103 cm³/mol. The van der Waals surface area contributed by atoms with Crippen LogP contribution >= 0.6 is 0 Å². The minimum absolute atomic E-state index is 0.964. The van der Waals surface area contributed by atoms with E-state index in [9.17, 15) is 0 Å². The normalized spacial score (nSPS) is 15.7. The molecule has 1 saturated heterocycles. The highest BCUT2D eigenvalue weighted by Gasteiger charge is 2.19. The Bertz CT molecular complexity index is 882. The minimum atomic E-state index is 0.964. The van der Waals surface area contributed by atoms with Crippen LogP contribution in [0.3, 0.4) is 0 Å². The van der Waals surface area contributed by atoms with Gasteiger partial charge < -0.3 is 4.90 Å². The van der Waals surface area contributed by atoms with Crippen LogP contribution in [0.2, 0.25) is 0 Å². The zero-order chi connectivity index (χ0) is 17.2. The molecule has 4 heteroatoms. The molecule has 0 N–H and O–H groups in total. The van der Waals surface area contributed by atoms with Gasteiger partial charge in [-0.2, -0.15) is 0 Å².